The molecule has 0 atom stereocenters. The van der Waals surface area contributed by atoms with Crippen molar-refractivity contribution in [3.05, 3.63) is 33.9 Å². The second-order valence-electron chi connectivity index (χ2n) is 6.80. The number of H-pyrrole nitrogens is 1. The van der Waals surface area contributed by atoms with E-state index in [2.05, 4.69) is 25.7 Å². The van der Waals surface area contributed by atoms with Gasteiger partial charge in [-0.15, -0.1) is 0 Å². The summed E-state index contributed by atoms with van der Waals surface area (Å²) in [5.41, 5.74) is 0.957. The molecule has 3 rings (SSSR count). The van der Waals surface area contributed by atoms with Crippen molar-refractivity contribution in [1.82, 2.24) is 25.1 Å². The molecule has 144 valence electrons. The average Bonchev–Trinajstić information content (AvgIpc) is 3.24. The molecule has 3 N–H and O–H groups in total. The lowest BCUT2D eigenvalue weighted by Crippen LogP contribution is -2.40. The van der Waals surface area contributed by atoms with E-state index in [0.717, 1.165) is 32.1 Å². The van der Waals surface area contributed by atoms with Crippen LogP contribution >= 0.6 is 0 Å². The number of nitrogens with one attached hydrogen (secondary N) is 3. The van der Waals surface area contributed by atoms with Crippen LogP contribution in [0, 0.1) is 6.92 Å². The first-order valence-corrected chi connectivity index (χ1v) is 9.25. The fourth-order valence-electron chi connectivity index (χ4n) is 3.22. The molecule has 9 heteroatoms. The maximum absolute atomic E-state index is 12.3. The number of carbonyl (C=O) groups excluding carboxylic acids is 2. The van der Waals surface area contributed by atoms with Gasteiger partial charge in [0.1, 0.15) is 5.82 Å². The molecule has 1 saturated carbocycles. The van der Waals surface area contributed by atoms with Crippen molar-refractivity contribution in [2.24, 2.45) is 0 Å². The van der Waals surface area contributed by atoms with Crippen molar-refractivity contribution >= 4 is 17.6 Å². The third-order valence-electron chi connectivity index (χ3n) is 4.46. The number of carbonyl (C=O) groups is 2. The maximum Gasteiger partial charge on any atom is 0.314 e. The van der Waals surface area contributed by atoms with E-state index in [-0.39, 0.29) is 23.4 Å². The molecule has 0 spiro atoms. The summed E-state index contributed by atoms with van der Waals surface area (Å²) >= 11 is 0. The van der Waals surface area contributed by atoms with Gasteiger partial charge in [0.25, 0.3) is 5.56 Å². The van der Waals surface area contributed by atoms with Crippen LogP contribution < -0.4 is 16.2 Å². The van der Waals surface area contributed by atoms with Crippen LogP contribution in [-0.4, -0.2) is 37.6 Å². The largest absolute Gasteiger partial charge is 0.345 e. The SMILES string of the molecule is CCCc1cc(=O)[nH]c(-n2nc(C)cc2NC(=O)C(=O)NC2CCCC2)n1. The number of nitrogens with zero attached hydrogens (tertiary/aromatic N) is 3. The molecule has 0 aliphatic heterocycles. The minimum absolute atomic E-state index is 0.0543. The van der Waals surface area contributed by atoms with E-state index in [1.807, 2.05) is 6.92 Å². The molecule has 0 radical (unpaired) electrons. The highest BCUT2D eigenvalue weighted by Crippen LogP contribution is 2.18. The van der Waals surface area contributed by atoms with Crippen LogP contribution in [0.15, 0.2) is 16.9 Å². The van der Waals surface area contributed by atoms with Gasteiger partial charge in [0.2, 0.25) is 5.95 Å². The Morgan fingerprint density at radius 2 is 2.00 bits per heavy atom. The summed E-state index contributed by atoms with van der Waals surface area (Å²) in [7, 11) is 0. The van der Waals surface area contributed by atoms with Gasteiger partial charge in [-0.3, -0.25) is 19.4 Å². The first kappa shape index (κ1) is 18.8. The Morgan fingerprint density at radius 3 is 2.70 bits per heavy atom. The highest BCUT2D eigenvalue weighted by molar-refractivity contribution is 6.39. The van der Waals surface area contributed by atoms with Crippen molar-refractivity contribution in [3.63, 3.8) is 0 Å². The predicted molar refractivity (Wildman–Crippen MR) is 99.7 cm³/mol. The smallest absolute Gasteiger partial charge is 0.314 e. The highest BCUT2D eigenvalue weighted by Gasteiger charge is 2.23. The summed E-state index contributed by atoms with van der Waals surface area (Å²) in [5.74, 6) is -0.968. The van der Waals surface area contributed by atoms with Gasteiger partial charge in [-0.05, 0) is 26.2 Å². The summed E-state index contributed by atoms with van der Waals surface area (Å²) in [6, 6.07) is 3.11. The van der Waals surface area contributed by atoms with Gasteiger partial charge in [0, 0.05) is 23.9 Å². The third kappa shape index (κ3) is 4.60. The monoisotopic (exact) mass is 372 g/mol. The number of anilines is 1. The number of aromatic amines is 1. The first-order chi connectivity index (χ1) is 13.0. The zero-order valence-electron chi connectivity index (χ0n) is 15.5. The van der Waals surface area contributed by atoms with E-state index < -0.39 is 11.8 Å². The molecule has 0 aromatic carbocycles. The standard InChI is InChI=1S/C18H24N6O3/c1-3-6-13-10-15(25)22-18(20-13)24-14(9-11(2)23-24)21-17(27)16(26)19-12-7-4-5-8-12/h9-10,12H,3-8H2,1-2H3,(H,19,26)(H,21,27)(H,20,22,25). The fraction of sp³-hybridized carbons (Fsp3) is 0.500. The Kier molecular flexibility index (Phi) is 5.68. The van der Waals surface area contributed by atoms with Crippen molar-refractivity contribution in [1.29, 1.82) is 0 Å². The highest BCUT2D eigenvalue weighted by atomic mass is 16.2. The van der Waals surface area contributed by atoms with Crippen LogP contribution in [0.2, 0.25) is 0 Å². The predicted octanol–water partition coefficient (Wildman–Crippen LogP) is 1.21. The third-order valence-corrected chi connectivity index (χ3v) is 4.46. The molecule has 1 aliphatic carbocycles. The number of aromatic nitrogens is 4. The zero-order chi connectivity index (χ0) is 19.4. The molecule has 0 unspecified atom stereocenters. The molecule has 2 aromatic rings. The van der Waals surface area contributed by atoms with Crippen molar-refractivity contribution in [2.45, 2.75) is 58.4 Å². The molecule has 2 aromatic heterocycles. The summed E-state index contributed by atoms with van der Waals surface area (Å²) in [6.45, 7) is 3.74. The molecule has 1 aliphatic rings. The van der Waals surface area contributed by atoms with Crippen molar-refractivity contribution in [3.8, 4) is 5.95 Å². The maximum atomic E-state index is 12.3. The molecule has 9 nitrogen and oxygen atoms in total. The molecular formula is C18H24N6O3. The zero-order valence-corrected chi connectivity index (χ0v) is 15.5. The van der Waals surface area contributed by atoms with E-state index in [4.69, 9.17) is 0 Å². The number of amides is 2. The van der Waals surface area contributed by atoms with E-state index in [1.54, 1.807) is 13.0 Å². The lowest BCUT2D eigenvalue weighted by molar-refractivity contribution is -0.136. The normalized spacial score (nSPS) is 14.3. The van der Waals surface area contributed by atoms with E-state index in [0.29, 0.717) is 17.8 Å². The van der Waals surface area contributed by atoms with Crippen LogP contribution in [0.5, 0.6) is 0 Å². The van der Waals surface area contributed by atoms with Gasteiger partial charge in [0.05, 0.1) is 5.69 Å². The lowest BCUT2D eigenvalue weighted by atomic mass is 10.2. The first-order valence-electron chi connectivity index (χ1n) is 9.25. The summed E-state index contributed by atoms with van der Waals surface area (Å²) in [5, 5.41) is 9.58. The topological polar surface area (TPSA) is 122 Å². The van der Waals surface area contributed by atoms with Crippen LogP contribution in [0.4, 0.5) is 5.82 Å². The summed E-state index contributed by atoms with van der Waals surface area (Å²) < 4.78 is 1.33. The van der Waals surface area contributed by atoms with Crippen LogP contribution in [0.3, 0.4) is 0 Å². The van der Waals surface area contributed by atoms with Crippen LogP contribution in [-0.2, 0) is 16.0 Å². The van der Waals surface area contributed by atoms with Gasteiger partial charge < -0.3 is 10.6 Å². The lowest BCUT2D eigenvalue weighted by Gasteiger charge is -2.12. The number of hydrogen-bond donors (Lipinski definition) is 3. The van der Waals surface area contributed by atoms with Crippen molar-refractivity contribution in [2.75, 3.05) is 5.32 Å². The van der Waals surface area contributed by atoms with Crippen molar-refractivity contribution < 1.29 is 9.59 Å². The molecule has 0 saturated heterocycles. The van der Waals surface area contributed by atoms with Gasteiger partial charge in [-0.2, -0.15) is 9.78 Å². The molecule has 2 heterocycles. The fourth-order valence-corrected chi connectivity index (χ4v) is 3.22. The summed E-state index contributed by atoms with van der Waals surface area (Å²) in [6.07, 6.45) is 5.41. The van der Waals surface area contributed by atoms with Gasteiger partial charge in [-0.25, -0.2) is 4.98 Å². The van der Waals surface area contributed by atoms with E-state index >= 15 is 0 Å². The van der Waals surface area contributed by atoms with E-state index in [9.17, 15) is 14.4 Å². The molecule has 2 amide bonds. The molecule has 0 bridgehead atoms. The number of hydrogen-bond acceptors (Lipinski definition) is 5. The minimum Gasteiger partial charge on any atom is -0.345 e. The van der Waals surface area contributed by atoms with E-state index in [1.165, 1.54) is 10.7 Å². The molecular weight excluding hydrogens is 348 g/mol. The summed E-state index contributed by atoms with van der Waals surface area (Å²) in [4.78, 5) is 43.3. The van der Waals surface area contributed by atoms with Gasteiger partial charge in [0.15, 0.2) is 0 Å². The van der Waals surface area contributed by atoms with Gasteiger partial charge >= 0.3 is 11.8 Å². The Bertz CT molecular complexity index is 895. The Balaban J connectivity index is 1.80. The van der Waals surface area contributed by atoms with Crippen LogP contribution in [0.25, 0.3) is 5.95 Å². The Hall–Kier alpha value is -2.97. The minimum atomic E-state index is -0.768. The second kappa shape index (κ2) is 8.15. The molecule has 27 heavy (non-hydrogen) atoms. The van der Waals surface area contributed by atoms with Gasteiger partial charge in [-0.1, -0.05) is 26.2 Å². The Labute approximate surface area is 156 Å². The molecule has 1 fully saturated rings. The quantitative estimate of drug-likeness (QED) is 0.681. The Morgan fingerprint density at radius 1 is 1.26 bits per heavy atom. The second-order valence-corrected chi connectivity index (χ2v) is 6.80. The number of aryl methyl sites for hydroxylation is 2. The number of rotatable bonds is 5. The van der Waals surface area contributed by atoms with Crippen LogP contribution in [0.1, 0.15) is 50.4 Å². The average molecular weight is 372 g/mol.